The normalized spacial score (nSPS) is 24.9. The van der Waals surface area contributed by atoms with Crippen LogP contribution in [0.15, 0.2) is 6.07 Å². The van der Waals surface area contributed by atoms with Crippen LogP contribution in [0, 0.1) is 13.8 Å². The molecule has 0 aliphatic carbocycles. The zero-order chi connectivity index (χ0) is 11.9. The van der Waals surface area contributed by atoms with Crippen molar-refractivity contribution in [1.29, 1.82) is 0 Å². The molecule has 16 heavy (non-hydrogen) atoms. The molecule has 0 spiro atoms. The van der Waals surface area contributed by atoms with Crippen LogP contribution in [0.4, 0.5) is 0 Å². The fraction of sp³-hybridized carbons (Fsp3) is 0.538. The lowest BCUT2D eigenvalue weighted by Crippen LogP contribution is -2.33. The van der Waals surface area contributed by atoms with Crippen molar-refractivity contribution in [1.82, 2.24) is 5.32 Å². The van der Waals surface area contributed by atoms with Gasteiger partial charge in [-0.15, -0.1) is 0 Å². The minimum atomic E-state index is -0.208. The Balaban J connectivity index is 2.57. The molecule has 0 amide bonds. The average Bonchev–Trinajstić information content (AvgIpc) is 2.68. The number of hydrogen-bond donors (Lipinski definition) is 3. The highest BCUT2D eigenvalue weighted by Crippen LogP contribution is 2.42. The van der Waals surface area contributed by atoms with Gasteiger partial charge in [-0.3, -0.25) is 0 Å². The number of aromatic hydroxyl groups is 2. The molecule has 88 valence electrons. The number of aryl methyl sites for hydroxylation is 1. The Kier molecular flexibility index (Phi) is 2.58. The molecule has 0 saturated carbocycles. The standard InChI is InChI=1S/C13H19NO2/c1-8-7-10(12(16)11(15)9(8)2)13(3)5-4-6-14-13/h7,14-16H,4-6H2,1-3H3. The van der Waals surface area contributed by atoms with Gasteiger partial charge in [-0.25, -0.2) is 0 Å². The van der Waals surface area contributed by atoms with E-state index in [-0.39, 0.29) is 17.0 Å². The summed E-state index contributed by atoms with van der Waals surface area (Å²) >= 11 is 0. The molecule has 1 aliphatic rings. The maximum Gasteiger partial charge on any atom is 0.162 e. The highest BCUT2D eigenvalue weighted by molar-refractivity contribution is 5.55. The summed E-state index contributed by atoms with van der Waals surface area (Å²) in [5, 5.41) is 23.3. The largest absolute Gasteiger partial charge is 0.504 e. The second-order valence-corrected chi connectivity index (χ2v) is 4.93. The van der Waals surface area contributed by atoms with Crippen molar-refractivity contribution in [3.63, 3.8) is 0 Å². The Hall–Kier alpha value is -1.22. The van der Waals surface area contributed by atoms with Crippen LogP contribution >= 0.6 is 0 Å². The van der Waals surface area contributed by atoms with Gasteiger partial charge in [-0.05, 0) is 57.4 Å². The molecule has 3 N–H and O–H groups in total. The molecule has 0 aromatic heterocycles. The first-order valence-electron chi connectivity index (χ1n) is 5.73. The topological polar surface area (TPSA) is 52.5 Å². The summed E-state index contributed by atoms with van der Waals surface area (Å²) < 4.78 is 0. The number of rotatable bonds is 1. The Labute approximate surface area is 96.1 Å². The summed E-state index contributed by atoms with van der Waals surface area (Å²) in [7, 11) is 0. The first kappa shape index (κ1) is 11.3. The van der Waals surface area contributed by atoms with Gasteiger partial charge in [-0.1, -0.05) is 0 Å². The lowest BCUT2D eigenvalue weighted by atomic mass is 9.87. The lowest BCUT2D eigenvalue weighted by Gasteiger charge is -2.27. The second-order valence-electron chi connectivity index (χ2n) is 4.93. The van der Waals surface area contributed by atoms with Crippen LogP contribution < -0.4 is 5.32 Å². The van der Waals surface area contributed by atoms with Gasteiger partial charge in [0.2, 0.25) is 0 Å². The van der Waals surface area contributed by atoms with Crippen LogP contribution in [0.25, 0.3) is 0 Å². The quantitative estimate of drug-likeness (QED) is 0.638. The molecule has 1 aliphatic heterocycles. The van der Waals surface area contributed by atoms with E-state index in [0.717, 1.165) is 36.1 Å². The van der Waals surface area contributed by atoms with Crippen molar-refractivity contribution in [2.24, 2.45) is 0 Å². The molecule has 1 aromatic carbocycles. The molecule has 1 unspecified atom stereocenters. The maximum absolute atomic E-state index is 10.0. The summed E-state index contributed by atoms with van der Waals surface area (Å²) in [4.78, 5) is 0. The van der Waals surface area contributed by atoms with Gasteiger partial charge in [0.25, 0.3) is 0 Å². The molecule has 1 saturated heterocycles. The highest BCUT2D eigenvalue weighted by atomic mass is 16.3. The fourth-order valence-corrected chi connectivity index (χ4v) is 2.43. The maximum atomic E-state index is 10.0. The predicted molar refractivity (Wildman–Crippen MR) is 63.8 cm³/mol. The third-order valence-corrected chi connectivity index (χ3v) is 3.75. The van der Waals surface area contributed by atoms with Crippen molar-refractivity contribution < 1.29 is 10.2 Å². The number of phenols is 2. The van der Waals surface area contributed by atoms with E-state index in [4.69, 9.17) is 0 Å². The van der Waals surface area contributed by atoms with E-state index in [1.54, 1.807) is 0 Å². The van der Waals surface area contributed by atoms with Crippen LogP contribution in [0.5, 0.6) is 11.5 Å². The minimum Gasteiger partial charge on any atom is -0.504 e. The average molecular weight is 221 g/mol. The van der Waals surface area contributed by atoms with Crippen LogP contribution in [0.3, 0.4) is 0 Å². The molecular formula is C13H19NO2. The first-order chi connectivity index (χ1) is 7.46. The second kappa shape index (κ2) is 3.67. The third kappa shape index (κ3) is 1.55. The summed E-state index contributed by atoms with van der Waals surface area (Å²) in [6, 6.07) is 1.97. The number of hydrogen-bond acceptors (Lipinski definition) is 3. The van der Waals surface area contributed by atoms with Crippen molar-refractivity contribution >= 4 is 0 Å². The summed E-state index contributed by atoms with van der Waals surface area (Å²) in [6.45, 7) is 6.81. The molecule has 0 bridgehead atoms. The molecule has 1 aromatic rings. The first-order valence-corrected chi connectivity index (χ1v) is 5.73. The van der Waals surface area contributed by atoms with Crippen LogP contribution in [0.2, 0.25) is 0 Å². The van der Waals surface area contributed by atoms with E-state index >= 15 is 0 Å². The summed E-state index contributed by atoms with van der Waals surface area (Å²) in [5.41, 5.74) is 2.37. The number of benzene rings is 1. The van der Waals surface area contributed by atoms with Crippen LogP contribution in [-0.2, 0) is 5.54 Å². The summed E-state index contributed by atoms with van der Waals surface area (Å²) in [6.07, 6.45) is 2.09. The van der Waals surface area contributed by atoms with E-state index in [2.05, 4.69) is 12.2 Å². The zero-order valence-electron chi connectivity index (χ0n) is 10.1. The Morgan fingerprint density at radius 1 is 1.25 bits per heavy atom. The van der Waals surface area contributed by atoms with Crippen molar-refractivity contribution in [2.45, 2.75) is 39.2 Å². The van der Waals surface area contributed by atoms with Crippen molar-refractivity contribution in [3.05, 3.63) is 22.8 Å². The predicted octanol–water partition coefficient (Wildman–Crippen LogP) is 2.31. The van der Waals surface area contributed by atoms with Gasteiger partial charge in [-0.2, -0.15) is 0 Å². The van der Waals surface area contributed by atoms with Gasteiger partial charge in [0, 0.05) is 11.1 Å². The summed E-state index contributed by atoms with van der Waals surface area (Å²) in [5.74, 6) is 0.0462. The van der Waals surface area contributed by atoms with E-state index < -0.39 is 0 Å². The smallest absolute Gasteiger partial charge is 0.162 e. The Bertz CT molecular complexity index is 420. The van der Waals surface area contributed by atoms with Gasteiger partial charge >= 0.3 is 0 Å². The molecule has 0 radical (unpaired) electrons. The monoisotopic (exact) mass is 221 g/mol. The minimum absolute atomic E-state index is 0.0184. The Morgan fingerprint density at radius 3 is 2.50 bits per heavy atom. The number of nitrogens with one attached hydrogen (secondary N) is 1. The molecule has 1 atom stereocenters. The van der Waals surface area contributed by atoms with Gasteiger partial charge in [0.1, 0.15) is 0 Å². The molecular weight excluding hydrogens is 202 g/mol. The SMILES string of the molecule is Cc1cc(C2(C)CCCN2)c(O)c(O)c1C. The van der Waals surface area contributed by atoms with E-state index in [9.17, 15) is 10.2 Å². The van der Waals surface area contributed by atoms with E-state index in [0.29, 0.717) is 0 Å². The molecule has 1 heterocycles. The van der Waals surface area contributed by atoms with E-state index in [1.165, 1.54) is 0 Å². The van der Waals surface area contributed by atoms with Crippen molar-refractivity contribution in [3.8, 4) is 11.5 Å². The molecule has 3 heteroatoms. The zero-order valence-corrected chi connectivity index (χ0v) is 10.1. The molecule has 2 rings (SSSR count). The van der Waals surface area contributed by atoms with E-state index in [1.807, 2.05) is 19.9 Å². The molecule has 3 nitrogen and oxygen atoms in total. The Morgan fingerprint density at radius 2 is 1.94 bits per heavy atom. The van der Waals surface area contributed by atoms with Crippen molar-refractivity contribution in [2.75, 3.05) is 6.54 Å². The molecule has 1 fully saturated rings. The van der Waals surface area contributed by atoms with Crippen LogP contribution in [0.1, 0.15) is 36.5 Å². The van der Waals surface area contributed by atoms with Gasteiger partial charge in [0.05, 0.1) is 0 Å². The van der Waals surface area contributed by atoms with Gasteiger partial charge in [0.15, 0.2) is 11.5 Å². The van der Waals surface area contributed by atoms with Crippen LogP contribution in [-0.4, -0.2) is 16.8 Å². The fourth-order valence-electron chi connectivity index (χ4n) is 2.43. The number of phenolic OH excluding ortho intramolecular Hbond substituents is 2. The third-order valence-electron chi connectivity index (χ3n) is 3.75. The van der Waals surface area contributed by atoms with Gasteiger partial charge < -0.3 is 15.5 Å². The highest BCUT2D eigenvalue weighted by Gasteiger charge is 2.33. The lowest BCUT2D eigenvalue weighted by molar-refractivity contribution is 0.364.